The number of thiophene rings is 1. The maximum absolute atomic E-state index is 12.8. The molecule has 0 saturated carbocycles. The summed E-state index contributed by atoms with van der Waals surface area (Å²) in [6.45, 7) is 0.399. The smallest absolute Gasteiger partial charge is 0.333 e. The highest BCUT2D eigenvalue weighted by Gasteiger charge is 2.38. The van der Waals surface area contributed by atoms with Gasteiger partial charge in [-0.05, 0) is 29.5 Å². The van der Waals surface area contributed by atoms with Crippen molar-refractivity contribution >= 4 is 23.2 Å². The molecule has 1 aliphatic heterocycles. The highest BCUT2D eigenvalue weighted by atomic mass is 32.1. The molecule has 8 heteroatoms. The average Bonchev–Trinajstić information content (AvgIpc) is 3.03. The Hall–Kier alpha value is -2.48. The molecule has 3 rings (SSSR count). The molecule has 0 spiro atoms. The third-order valence-corrected chi connectivity index (χ3v) is 4.83. The van der Waals surface area contributed by atoms with Crippen molar-refractivity contribution in [3.63, 3.8) is 0 Å². The van der Waals surface area contributed by atoms with E-state index in [1.807, 2.05) is 11.4 Å². The molecular weight excluding hydrogens is 318 g/mol. The maximum Gasteiger partial charge on any atom is 0.333 e. The fourth-order valence-electron chi connectivity index (χ4n) is 2.66. The minimum atomic E-state index is -0.776. The van der Waals surface area contributed by atoms with Gasteiger partial charge in [0, 0.05) is 24.5 Å². The van der Waals surface area contributed by atoms with Gasteiger partial charge in [0.2, 0.25) is 0 Å². The van der Waals surface area contributed by atoms with Crippen molar-refractivity contribution in [1.82, 2.24) is 14.7 Å². The first-order valence-corrected chi connectivity index (χ1v) is 7.90. The van der Waals surface area contributed by atoms with Gasteiger partial charge in [0.1, 0.15) is 5.69 Å². The van der Waals surface area contributed by atoms with Crippen LogP contribution in [-0.4, -0.2) is 40.2 Å². The molecule has 1 atom stereocenters. The number of amides is 1. The van der Waals surface area contributed by atoms with Crippen LogP contribution in [0.5, 0.6) is 0 Å². The number of nitrogens with zero attached hydrogens (tertiary/aromatic N) is 3. The lowest BCUT2D eigenvalue weighted by Crippen LogP contribution is -2.44. The molecule has 0 saturated heterocycles. The van der Waals surface area contributed by atoms with Gasteiger partial charge < -0.3 is 9.64 Å². The summed E-state index contributed by atoms with van der Waals surface area (Å²) in [6.07, 6.45) is 0.679. The predicted octanol–water partition coefficient (Wildman–Crippen LogP) is 0.754. The second-order valence-corrected chi connectivity index (χ2v) is 6.15. The monoisotopic (exact) mass is 333 g/mol. The molecular formula is C15H15N3O4S. The highest BCUT2D eigenvalue weighted by molar-refractivity contribution is 7.10. The van der Waals surface area contributed by atoms with Crippen LogP contribution in [0.2, 0.25) is 0 Å². The van der Waals surface area contributed by atoms with Gasteiger partial charge in [-0.15, -0.1) is 11.3 Å². The molecule has 2 aromatic heterocycles. The fraction of sp³-hybridized carbons (Fsp3) is 0.333. The number of methoxy groups -OCH3 is 1. The molecule has 0 bridgehead atoms. The molecule has 0 aromatic carbocycles. The van der Waals surface area contributed by atoms with E-state index in [4.69, 9.17) is 4.74 Å². The van der Waals surface area contributed by atoms with Gasteiger partial charge in [-0.1, -0.05) is 0 Å². The predicted molar refractivity (Wildman–Crippen MR) is 83.3 cm³/mol. The van der Waals surface area contributed by atoms with Crippen LogP contribution in [0.4, 0.5) is 0 Å². The van der Waals surface area contributed by atoms with Gasteiger partial charge in [-0.25, -0.2) is 9.48 Å². The van der Waals surface area contributed by atoms with E-state index in [9.17, 15) is 14.4 Å². The van der Waals surface area contributed by atoms with Crippen molar-refractivity contribution in [1.29, 1.82) is 0 Å². The van der Waals surface area contributed by atoms with Crippen molar-refractivity contribution < 1.29 is 14.3 Å². The first-order valence-electron chi connectivity index (χ1n) is 7.02. The SMILES string of the molecule is COC(=O)C1c2ccsc2CCN1C(=O)c1ccc(=O)n(C)n1. The van der Waals surface area contributed by atoms with E-state index in [0.717, 1.165) is 15.1 Å². The van der Waals surface area contributed by atoms with Crippen LogP contribution >= 0.6 is 11.3 Å². The lowest BCUT2D eigenvalue weighted by atomic mass is 9.99. The molecule has 120 valence electrons. The number of carbonyl (C=O) groups is 2. The molecule has 2 aromatic rings. The number of ether oxygens (including phenoxy) is 1. The van der Waals surface area contributed by atoms with Gasteiger partial charge in [0.25, 0.3) is 11.5 Å². The van der Waals surface area contributed by atoms with Crippen LogP contribution in [0.1, 0.15) is 27.0 Å². The second kappa shape index (κ2) is 5.96. The van der Waals surface area contributed by atoms with Crippen LogP contribution in [0, 0.1) is 0 Å². The summed E-state index contributed by atoms with van der Waals surface area (Å²) in [7, 11) is 2.78. The molecule has 23 heavy (non-hydrogen) atoms. The van der Waals surface area contributed by atoms with Crippen LogP contribution in [0.3, 0.4) is 0 Å². The molecule has 1 amide bonds. The molecule has 1 aliphatic rings. The highest BCUT2D eigenvalue weighted by Crippen LogP contribution is 2.34. The lowest BCUT2D eigenvalue weighted by Gasteiger charge is -2.33. The number of hydrogen-bond acceptors (Lipinski definition) is 6. The quantitative estimate of drug-likeness (QED) is 0.758. The zero-order valence-corrected chi connectivity index (χ0v) is 13.5. The van der Waals surface area contributed by atoms with Crippen LogP contribution in [-0.2, 0) is 23.0 Å². The molecule has 0 radical (unpaired) electrons. The van der Waals surface area contributed by atoms with Crippen LogP contribution < -0.4 is 5.56 Å². The first kappa shape index (κ1) is 15.4. The molecule has 7 nitrogen and oxygen atoms in total. The Morgan fingerprint density at radius 1 is 1.35 bits per heavy atom. The van der Waals surface area contributed by atoms with Crippen molar-refractivity contribution in [2.24, 2.45) is 7.05 Å². The molecule has 0 N–H and O–H groups in total. The Bertz CT molecular complexity index is 826. The minimum absolute atomic E-state index is 0.125. The summed E-state index contributed by atoms with van der Waals surface area (Å²) < 4.78 is 5.97. The Morgan fingerprint density at radius 3 is 2.83 bits per heavy atom. The van der Waals surface area contributed by atoms with Crippen molar-refractivity contribution in [2.75, 3.05) is 13.7 Å². The zero-order valence-electron chi connectivity index (χ0n) is 12.7. The largest absolute Gasteiger partial charge is 0.467 e. The Balaban J connectivity index is 2.00. The van der Waals surface area contributed by atoms with Crippen molar-refractivity contribution in [3.8, 4) is 0 Å². The Labute approximate surface area is 136 Å². The summed E-state index contributed by atoms with van der Waals surface area (Å²) in [5.41, 5.74) is 0.621. The number of aromatic nitrogens is 2. The van der Waals surface area contributed by atoms with Crippen molar-refractivity contribution in [3.05, 3.63) is 50.1 Å². The third kappa shape index (κ3) is 2.65. The Kier molecular flexibility index (Phi) is 3.99. The van der Waals surface area contributed by atoms with Gasteiger partial charge in [0.05, 0.1) is 7.11 Å². The van der Waals surface area contributed by atoms with Gasteiger partial charge in [-0.3, -0.25) is 9.59 Å². The average molecular weight is 333 g/mol. The van der Waals surface area contributed by atoms with E-state index in [1.54, 1.807) is 11.3 Å². The van der Waals surface area contributed by atoms with Gasteiger partial charge >= 0.3 is 5.97 Å². The lowest BCUT2D eigenvalue weighted by molar-refractivity contribution is -0.146. The zero-order chi connectivity index (χ0) is 16.6. The van der Waals surface area contributed by atoms with Crippen LogP contribution in [0.15, 0.2) is 28.4 Å². The minimum Gasteiger partial charge on any atom is -0.467 e. The van der Waals surface area contributed by atoms with E-state index >= 15 is 0 Å². The summed E-state index contributed by atoms with van der Waals surface area (Å²) in [5.74, 6) is -0.879. The number of aryl methyl sites for hydroxylation is 1. The van der Waals surface area contributed by atoms with Gasteiger partial charge in [-0.2, -0.15) is 5.10 Å². The Morgan fingerprint density at radius 2 is 2.13 bits per heavy atom. The van der Waals surface area contributed by atoms with Gasteiger partial charge in [0.15, 0.2) is 6.04 Å². The molecule has 3 heterocycles. The third-order valence-electron chi connectivity index (χ3n) is 3.83. The molecule has 0 aliphatic carbocycles. The number of esters is 1. The summed E-state index contributed by atoms with van der Waals surface area (Å²) in [4.78, 5) is 38.9. The second-order valence-electron chi connectivity index (χ2n) is 5.15. The van der Waals surface area contributed by atoms with E-state index in [0.29, 0.717) is 13.0 Å². The number of fused-ring (bicyclic) bond motifs is 1. The normalized spacial score (nSPS) is 16.8. The standard InChI is InChI=1S/C15H15N3O4S/c1-17-12(19)4-3-10(16-17)14(20)18-7-5-11-9(6-8-23-11)13(18)15(21)22-2/h3-4,6,8,13H,5,7H2,1-2H3. The first-order chi connectivity index (χ1) is 11.0. The van der Waals surface area contributed by atoms with E-state index < -0.39 is 17.9 Å². The topological polar surface area (TPSA) is 81.5 Å². The molecule has 1 unspecified atom stereocenters. The van der Waals surface area contributed by atoms with E-state index in [1.165, 1.54) is 31.2 Å². The van der Waals surface area contributed by atoms with Crippen LogP contribution in [0.25, 0.3) is 0 Å². The van der Waals surface area contributed by atoms with E-state index in [-0.39, 0.29) is 11.3 Å². The fourth-order valence-corrected chi connectivity index (χ4v) is 3.57. The molecule has 0 fully saturated rings. The number of carbonyl (C=O) groups excluding carboxylic acids is 2. The summed E-state index contributed by atoms with van der Waals surface area (Å²) in [5, 5.41) is 5.88. The van der Waals surface area contributed by atoms with E-state index in [2.05, 4.69) is 5.10 Å². The number of rotatable bonds is 2. The number of hydrogen-bond donors (Lipinski definition) is 0. The maximum atomic E-state index is 12.8. The summed E-state index contributed by atoms with van der Waals surface area (Å²) >= 11 is 1.56. The summed E-state index contributed by atoms with van der Waals surface area (Å²) in [6, 6.07) is 3.73. The van der Waals surface area contributed by atoms with Crippen molar-refractivity contribution in [2.45, 2.75) is 12.5 Å².